The predicted octanol–water partition coefficient (Wildman–Crippen LogP) is 2.15. The monoisotopic (exact) mass is 314 g/mol. The quantitative estimate of drug-likeness (QED) is 0.634. The summed E-state index contributed by atoms with van der Waals surface area (Å²) in [5, 5.41) is 4.14. The number of hydrogen-bond donors (Lipinski definition) is 0. The summed E-state index contributed by atoms with van der Waals surface area (Å²) in [6.45, 7) is 2.93. The van der Waals surface area contributed by atoms with Gasteiger partial charge in [-0.05, 0) is 18.2 Å². The van der Waals surface area contributed by atoms with Gasteiger partial charge in [0.15, 0.2) is 5.71 Å². The van der Waals surface area contributed by atoms with Crippen LogP contribution in [0.2, 0.25) is 0 Å². The van der Waals surface area contributed by atoms with E-state index in [1.165, 1.54) is 17.4 Å². The predicted molar refractivity (Wildman–Crippen MR) is 74.9 cm³/mol. The molecule has 112 valence electrons. The maximum absolute atomic E-state index is 12.7. The average molecular weight is 314 g/mol. The van der Waals surface area contributed by atoms with Crippen molar-refractivity contribution in [2.24, 2.45) is 5.16 Å². The normalized spacial score (nSPS) is 21.1. The Bertz CT molecular complexity index is 606. The minimum atomic E-state index is -2.83. The van der Waals surface area contributed by atoms with Crippen molar-refractivity contribution in [3.63, 3.8) is 0 Å². The number of anilines is 1. The molecule has 0 bridgehead atoms. The summed E-state index contributed by atoms with van der Waals surface area (Å²) < 4.78 is 30.8. The van der Waals surface area contributed by atoms with Crippen LogP contribution >= 0.6 is 11.3 Å². The molecule has 0 aromatic carbocycles. The summed E-state index contributed by atoms with van der Waals surface area (Å²) in [4.78, 5) is 18.6. The minimum absolute atomic E-state index is 0.180. The van der Waals surface area contributed by atoms with Crippen LogP contribution in [0.25, 0.3) is 6.08 Å². The van der Waals surface area contributed by atoms with Crippen LogP contribution in [0.3, 0.4) is 0 Å². The molecule has 3 heterocycles. The van der Waals surface area contributed by atoms with E-state index in [-0.39, 0.29) is 5.57 Å². The third-order valence-corrected chi connectivity index (χ3v) is 4.24. The van der Waals surface area contributed by atoms with Crippen LogP contribution in [-0.2, 0) is 14.4 Å². The van der Waals surface area contributed by atoms with Crippen LogP contribution in [0.15, 0.2) is 22.9 Å². The van der Waals surface area contributed by atoms with Gasteiger partial charge in [0.25, 0.3) is 6.43 Å². The topological polar surface area (TPSA) is 51.1 Å². The number of alkyl halides is 2. The lowest BCUT2D eigenvalue weighted by Crippen LogP contribution is -2.35. The lowest BCUT2D eigenvalue weighted by Gasteiger charge is -2.27. The fourth-order valence-corrected chi connectivity index (χ4v) is 3.10. The van der Waals surface area contributed by atoms with E-state index in [0.29, 0.717) is 18.1 Å². The van der Waals surface area contributed by atoms with Gasteiger partial charge in [-0.1, -0.05) is 5.16 Å². The molecule has 0 spiro atoms. The number of oxime groups is 1. The molecule has 1 fully saturated rings. The number of thiophene rings is 1. The van der Waals surface area contributed by atoms with Crippen LogP contribution < -0.4 is 4.90 Å². The fourth-order valence-electron chi connectivity index (χ4n) is 2.10. The van der Waals surface area contributed by atoms with Crippen molar-refractivity contribution in [3.8, 4) is 0 Å². The van der Waals surface area contributed by atoms with Crippen molar-refractivity contribution >= 4 is 34.1 Å². The fraction of sp³-hybridized carbons (Fsp3) is 0.385. The molecular weight excluding hydrogens is 302 g/mol. The van der Waals surface area contributed by atoms with E-state index in [9.17, 15) is 13.6 Å². The summed E-state index contributed by atoms with van der Waals surface area (Å²) in [7, 11) is 0. The summed E-state index contributed by atoms with van der Waals surface area (Å²) >= 11 is 1.43. The second-order valence-corrected chi connectivity index (χ2v) is 5.58. The lowest BCUT2D eigenvalue weighted by molar-refractivity contribution is -0.136. The van der Waals surface area contributed by atoms with Gasteiger partial charge < -0.3 is 14.5 Å². The van der Waals surface area contributed by atoms with Crippen molar-refractivity contribution in [2.75, 3.05) is 31.2 Å². The molecular formula is C13H12F2N2O3S. The molecule has 0 N–H and O–H groups in total. The first kappa shape index (κ1) is 14.2. The molecule has 0 unspecified atom stereocenters. The van der Waals surface area contributed by atoms with Crippen molar-refractivity contribution in [1.82, 2.24) is 0 Å². The molecule has 1 saturated heterocycles. The highest BCUT2D eigenvalue weighted by molar-refractivity contribution is 7.17. The standard InChI is InChI=1S/C13H12F2N2O3S/c14-12(15)11-9(13(18)20-16-11)7-8-1-2-10(21-8)17-3-5-19-6-4-17/h1-2,7,12H,3-6H2. The van der Waals surface area contributed by atoms with Crippen molar-refractivity contribution in [2.45, 2.75) is 6.43 Å². The summed E-state index contributed by atoms with van der Waals surface area (Å²) in [6.07, 6.45) is -1.43. The molecule has 0 atom stereocenters. The number of carbonyl (C=O) groups excluding carboxylic acids is 1. The first-order chi connectivity index (χ1) is 10.1. The third kappa shape index (κ3) is 2.96. The Hall–Kier alpha value is -1.80. The largest absolute Gasteiger partial charge is 0.378 e. The van der Waals surface area contributed by atoms with E-state index in [1.807, 2.05) is 6.07 Å². The number of nitrogens with zero attached hydrogens (tertiary/aromatic N) is 2. The highest BCUT2D eigenvalue weighted by atomic mass is 32.1. The molecule has 0 amide bonds. The number of hydrogen-bond acceptors (Lipinski definition) is 6. The Balaban J connectivity index is 1.81. The van der Waals surface area contributed by atoms with Gasteiger partial charge in [0.2, 0.25) is 0 Å². The van der Waals surface area contributed by atoms with Gasteiger partial charge in [-0.25, -0.2) is 13.6 Å². The number of morpholine rings is 1. The van der Waals surface area contributed by atoms with E-state index >= 15 is 0 Å². The summed E-state index contributed by atoms with van der Waals surface area (Å²) in [6, 6.07) is 3.69. The van der Waals surface area contributed by atoms with Gasteiger partial charge in [0, 0.05) is 18.0 Å². The van der Waals surface area contributed by atoms with Crippen LogP contribution in [0.5, 0.6) is 0 Å². The Morgan fingerprint density at radius 3 is 2.81 bits per heavy atom. The molecule has 2 aliphatic rings. The zero-order chi connectivity index (χ0) is 14.8. The molecule has 0 radical (unpaired) electrons. The maximum atomic E-state index is 12.7. The second-order valence-electron chi connectivity index (χ2n) is 4.49. The minimum Gasteiger partial charge on any atom is -0.378 e. The molecule has 0 saturated carbocycles. The van der Waals surface area contributed by atoms with Crippen LogP contribution in [0, 0.1) is 0 Å². The molecule has 5 nitrogen and oxygen atoms in total. The Morgan fingerprint density at radius 1 is 1.33 bits per heavy atom. The third-order valence-electron chi connectivity index (χ3n) is 3.15. The lowest BCUT2D eigenvalue weighted by atomic mass is 10.1. The SMILES string of the molecule is O=C1ON=C(C(F)F)C1=Cc1ccc(N2CCOCC2)s1. The Labute approximate surface area is 123 Å². The van der Waals surface area contributed by atoms with E-state index in [0.717, 1.165) is 18.1 Å². The molecule has 8 heteroatoms. The zero-order valence-corrected chi connectivity index (χ0v) is 11.7. The van der Waals surface area contributed by atoms with Crippen LogP contribution in [-0.4, -0.2) is 44.4 Å². The van der Waals surface area contributed by atoms with Gasteiger partial charge in [-0.3, -0.25) is 0 Å². The van der Waals surface area contributed by atoms with E-state index in [2.05, 4.69) is 14.9 Å². The summed E-state index contributed by atoms with van der Waals surface area (Å²) in [5.74, 6) is -0.841. The smallest absolute Gasteiger partial charge is 0.367 e. The summed E-state index contributed by atoms with van der Waals surface area (Å²) in [5.41, 5.74) is -0.790. The maximum Gasteiger partial charge on any atom is 0.367 e. The number of ether oxygens (including phenoxy) is 1. The molecule has 0 aliphatic carbocycles. The van der Waals surface area contributed by atoms with Gasteiger partial charge >= 0.3 is 5.97 Å². The van der Waals surface area contributed by atoms with Crippen LogP contribution in [0.4, 0.5) is 13.8 Å². The van der Waals surface area contributed by atoms with E-state index in [1.54, 1.807) is 6.07 Å². The van der Waals surface area contributed by atoms with Crippen molar-refractivity contribution < 1.29 is 23.1 Å². The van der Waals surface area contributed by atoms with Crippen LogP contribution in [0.1, 0.15) is 4.88 Å². The molecule has 1 aromatic heterocycles. The number of carbonyl (C=O) groups is 1. The first-order valence-corrected chi connectivity index (χ1v) is 7.19. The highest BCUT2D eigenvalue weighted by Crippen LogP contribution is 2.29. The number of rotatable bonds is 3. The zero-order valence-electron chi connectivity index (χ0n) is 10.9. The van der Waals surface area contributed by atoms with E-state index < -0.39 is 18.1 Å². The Morgan fingerprint density at radius 2 is 2.10 bits per heavy atom. The molecule has 2 aliphatic heterocycles. The highest BCUT2D eigenvalue weighted by Gasteiger charge is 2.32. The van der Waals surface area contributed by atoms with E-state index in [4.69, 9.17) is 4.74 Å². The molecule has 3 rings (SSSR count). The van der Waals surface area contributed by atoms with Gasteiger partial charge in [0.05, 0.1) is 23.8 Å². The van der Waals surface area contributed by atoms with Crippen molar-refractivity contribution in [3.05, 3.63) is 22.6 Å². The average Bonchev–Trinajstić information content (AvgIpc) is 3.08. The van der Waals surface area contributed by atoms with Gasteiger partial charge in [-0.15, -0.1) is 11.3 Å². The number of halogens is 2. The Kier molecular flexibility index (Phi) is 3.98. The molecule has 1 aromatic rings. The first-order valence-electron chi connectivity index (χ1n) is 6.37. The second kappa shape index (κ2) is 5.90. The molecule has 21 heavy (non-hydrogen) atoms. The van der Waals surface area contributed by atoms with Gasteiger partial charge in [-0.2, -0.15) is 0 Å². The van der Waals surface area contributed by atoms with Crippen molar-refractivity contribution in [1.29, 1.82) is 0 Å². The van der Waals surface area contributed by atoms with Gasteiger partial charge in [0.1, 0.15) is 0 Å².